The molecule has 0 radical (unpaired) electrons. The quantitative estimate of drug-likeness (QED) is 0.183. The highest BCUT2D eigenvalue weighted by Gasteiger charge is 2.27. The lowest BCUT2D eigenvalue weighted by atomic mass is 9.90. The van der Waals surface area contributed by atoms with Crippen LogP contribution in [0.1, 0.15) is 15.9 Å². The average molecular weight is 613 g/mol. The van der Waals surface area contributed by atoms with Gasteiger partial charge in [-0.2, -0.15) is 0 Å². The van der Waals surface area contributed by atoms with E-state index in [1.165, 1.54) is 30.5 Å². The topological polar surface area (TPSA) is 79.3 Å². The Morgan fingerprint density at radius 1 is 0.786 bits per heavy atom. The van der Waals surface area contributed by atoms with Crippen LogP contribution in [-0.2, 0) is 11.2 Å². The zero-order chi connectivity index (χ0) is 30.1. The van der Waals surface area contributed by atoms with Crippen molar-refractivity contribution >= 4 is 46.0 Å². The Morgan fingerprint density at radius 2 is 1.33 bits per heavy atom. The van der Waals surface area contributed by atoms with E-state index in [0.717, 1.165) is 30.3 Å². The number of amides is 1. The lowest BCUT2D eigenvalue weighted by molar-refractivity contribution is -0.139. The summed E-state index contributed by atoms with van der Waals surface area (Å²) >= 11 is 12.8. The van der Waals surface area contributed by atoms with Crippen molar-refractivity contribution in [1.29, 1.82) is 0 Å². The minimum Gasteiger partial charge on any atom is -0.480 e. The summed E-state index contributed by atoms with van der Waals surface area (Å²) in [5, 5.41) is 12.7. The second kappa shape index (κ2) is 11.8. The van der Waals surface area contributed by atoms with Gasteiger partial charge in [-0.15, -0.1) is 0 Å². The van der Waals surface area contributed by atoms with E-state index in [0.29, 0.717) is 33.2 Å². The van der Waals surface area contributed by atoms with Crippen LogP contribution < -0.4 is 5.32 Å². The fraction of sp³-hybridized carbons (Fsp3) is 0.0645. The molecule has 5 aromatic rings. The molecular formula is C31H18Cl2F4N2O3. The molecule has 0 bridgehead atoms. The number of nitrogens with one attached hydrogen (secondary N) is 1. The van der Waals surface area contributed by atoms with Gasteiger partial charge in [-0.3, -0.25) is 9.78 Å². The van der Waals surface area contributed by atoms with E-state index < -0.39 is 46.8 Å². The highest BCUT2D eigenvalue weighted by atomic mass is 35.5. The van der Waals surface area contributed by atoms with Gasteiger partial charge < -0.3 is 10.4 Å². The summed E-state index contributed by atoms with van der Waals surface area (Å²) < 4.78 is 56.1. The first-order chi connectivity index (χ1) is 20.0. The van der Waals surface area contributed by atoms with Gasteiger partial charge in [0.2, 0.25) is 0 Å². The number of hydrogen-bond donors (Lipinski definition) is 2. The molecule has 212 valence electrons. The van der Waals surface area contributed by atoms with Crippen LogP contribution in [0.3, 0.4) is 0 Å². The fourth-order valence-electron chi connectivity index (χ4n) is 4.72. The van der Waals surface area contributed by atoms with E-state index in [-0.39, 0.29) is 22.0 Å². The molecule has 11 heteroatoms. The molecule has 1 amide bonds. The smallest absolute Gasteiger partial charge is 0.326 e. The number of carboxylic acids is 1. The highest BCUT2D eigenvalue weighted by molar-refractivity contribution is 6.35. The molecule has 2 N–H and O–H groups in total. The Labute approximate surface area is 246 Å². The number of carboxylic acid groups (broad SMARTS) is 1. The average Bonchev–Trinajstić information content (AvgIpc) is 2.93. The summed E-state index contributed by atoms with van der Waals surface area (Å²) in [5.41, 5.74) is 1.55. The van der Waals surface area contributed by atoms with Gasteiger partial charge in [0.25, 0.3) is 5.91 Å². The lowest BCUT2D eigenvalue weighted by Crippen LogP contribution is -2.43. The number of aromatic nitrogens is 1. The van der Waals surface area contributed by atoms with E-state index in [2.05, 4.69) is 10.3 Å². The minimum atomic E-state index is -1.61. The number of rotatable bonds is 7. The number of carbonyl (C=O) groups is 2. The van der Waals surface area contributed by atoms with Crippen LogP contribution in [0.5, 0.6) is 0 Å². The molecule has 0 saturated heterocycles. The molecule has 0 spiro atoms. The van der Waals surface area contributed by atoms with Crippen LogP contribution in [0.2, 0.25) is 10.0 Å². The van der Waals surface area contributed by atoms with Crippen LogP contribution in [-0.4, -0.2) is 28.0 Å². The van der Waals surface area contributed by atoms with Crippen molar-refractivity contribution in [3.05, 3.63) is 123 Å². The molecule has 0 aliphatic rings. The van der Waals surface area contributed by atoms with Crippen molar-refractivity contribution in [2.45, 2.75) is 12.5 Å². The number of fused-ring (bicyclic) bond motifs is 1. The molecule has 5 nitrogen and oxygen atoms in total. The number of pyridine rings is 1. The van der Waals surface area contributed by atoms with Crippen LogP contribution in [0.15, 0.2) is 79.0 Å². The number of halogens is 6. The molecule has 0 aliphatic carbocycles. The molecule has 4 aromatic carbocycles. The van der Waals surface area contributed by atoms with E-state index >= 15 is 0 Å². The molecule has 1 aromatic heterocycles. The fourth-order valence-corrected chi connectivity index (χ4v) is 5.26. The van der Waals surface area contributed by atoms with Gasteiger partial charge in [-0.1, -0.05) is 41.4 Å². The number of nitrogens with zero attached hydrogens (tertiary/aromatic N) is 1. The highest BCUT2D eigenvalue weighted by Crippen LogP contribution is 2.41. The van der Waals surface area contributed by atoms with Crippen molar-refractivity contribution in [2.24, 2.45) is 0 Å². The van der Waals surface area contributed by atoms with Gasteiger partial charge in [-0.05, 0) is 71.3 Å². The molecule has 0 fully saturated rings. The predicted octanol–water partition coefficient (Wildman–Crippen LogP) is 7.86. The Bertz CT molecular complexity index is 1810. The Morgan fingerprint density at radius 3 is 1.88 bits per heavy atom. The van der Waals surface area contributed by atoms with Crippen molar-refractivity contribution in [2.75, 3.05) is 0 Å². The molecule has 1 heterocycles. The van der Waals surface area contributed by atoms with Gasteiger partial charge in [-0.25, -0.2) is 22.4 Å². The standard InChI is InChI=1S/C31H18Cl2F4N2O3/c32-22-13-16(34)5-8-18(22)20-7-4-15(12-26(31(41)42)39-30(40)28-24(36)2-1-3-25(28)37)29-27(20)21(10-11-38-29)19-9-6-17(35)14-23(19)33/h1-11,13-14,26H,12H2,(H,39,40)(H,41,42). The van der Waals surface area contributed by atoms with E-state index in [4.69, 9.17) is 23.2 Å². The Hall–Kier alpha value is -4.47. The Kier molecular flexibility index (Phi) is 8.15. The maximum Gasteiger partial charge on any atom is 0.326 e. The van der Waals surface area contributed by atoms with Gasteiger partial charge in [0, 0.05) is 29.1 Å². The molecule has 1 atom stereocenters. The molecular weight excluding hydrogens is 595 g/mol. The number of aliphatic carboxylic acids is 1. The van der Waals surface area contributed by atoms with E-state index in [9.17, 15) is 32.3 Å². The predicted molar refractivity (Wildman–Crippen MR) is 152 cm³/mol. The van der Waals surface area contributed by atoms with E-state index in [1.54, 1.807) is 18.2 Å². The summed E-state index contributed by atoms with van der Waals surface area (Å²) in [4.78, 5) is 29.3. The third-order valence-corrected chi connectivity index (χ3v) is 7.26. The second-order valence-corrected chi connectivity index (χ2v) is 10.1. The van der Waals surface area contributed by atoms with Gasteiger partial charge in [0.05, 0.1) is 15.6 Å². The summed E-state index contributed by atoms with van der Waals surface area (Å²) in [5.74, 6) is -6.12. The number of hydrogen-bond acceptors (Lipinski definition) is 3. The zero-order valence-corrected chi connectivity index (χ0v) is 22.8. The molecule has 42 heavy (non-hydrogen) atoms. The van der Waals surface area contributed by atoms with Crippen LogP contribution in [0, 0.1) is 23.3 Å². The van der Waals surface area contributed by atoms with Gasteiger partial charge in [0.1, 0.15) is 34.9 Å². The van der Waals surface area contributed by atoms with Gasteiger partial charge >= 0.3 is 5.97 Å². The summed E-state index contributed by atoms with van der Waals surface area (Å²) in [6.45, 7) is 0. The third-order valence-electron chi connectivity index (χ3n) is 6.64. The summed E-state index contributed by atoms with van der Waals surface area (Å²) in [6, 6.07) is 13.7. The first-order valence-corrected chi connectivity index (χ1v) is 13.1. The summed E-state index contributed by atoms with van der Waals surface area (Å²) in [6.07, 6.45) is 1.11. The first-order valence-electron chi connectivity index (χ1n) is 12.3. The monoisotopic (exact) mass is 612 g/mol. The largest absolute Gasteiger partial charge is 0.480 e. The SMILES string of the molecule is O=C(NC(Cc1ccc(-c2ccc(F)cc2Cl)c2c(-c3ccc(F)cc3Cl)ccnc12)C(=O)O)c1c(F)cccc1F. The molecule has 5 rings (SSSR count). The minimum absolute atomic E-state index is 0.0895. The van der Waals surface area contributed by atoms with E-state index in [1.807, 2.05) is 0 Å². The van der Waals surface area contributed by atoms with Crippen molar-refractivity contribution in [3.63, 3.8) is 0 Å². The van der Waals surface area contributed by atoms with Gasteiger partial charge in [0.15, 0.2) is 0 Å². The van der Waals surface area contributed by atoms with Crippen LogP contribution in [0.25, 0.3) is 33.2 Å². The van der Waals surface area contributed by atoms with Crippen molar-refractivity contribution in [3.8, 4) is 22.3 Å². The van der Waals surface area contributed by atoms with Crippen LogP contribution in [0.4, 0.5) is 17.6 Å². The first kappa shape index (κ1) is 29.0. The maximum atomic E-state index is 14.2. The van der Waals surface area contributed by atoms with Crippen molar-refractivity contribution < 1.29 is 32.3 Å². The molecule has 0 aliphatic heterocycles. The third kappa shape index (κ3) is 5.66. The number of benzene rings is 4. The molecule has 1 unspecified atom stereocenters. The number of carbonyl (C=O) groups excluding carboxylic acids is 1. The lowest BCUT2D eigenvalue weighted by Gasteiger charge is -2.19. The second-order valence-electron chi connectivity index (χ2n) is 9.27. The van der Waals surface area contributed by atoms with Crippen molar-refractivity contribution in [1.82, 2.24) is 10.3 Å². The zero-order valence-electron chi connectivity index (χ0n) is 21.3. The van der Waals surface area contributed by atoms with Crippen LogP contribution >= 0.6 is 23.2 Å². The Balaban J connectivity index is 1.67. The molecule has 0 saturated carbocycles. The normalized spacial score (nSPS) is 11.9. The summed E-state index contributed by atoms with van der Waals surface area (Å²) in [7, 11) is 0. The maximum absolute atomic E-state index is 14.2.